The van der Waals surface area contributed by atoms with E-state index < -0.39 is 0 Å². The zero-order valence-corrected chi connectivity index (χ0v) is 12.7. The average molecular weight is 471 g/mol. The summed E-state index contributed by atoms with van der Waals surface area (Å²) in [7, 11) is 0. The predicted octanol–water partition coefficient (Wildman–Crippen LogP) is 5.10. The third kappa shape index (κ3) is 2.99. The molecule has 66 valence electrons. The monoisotopic (exact) mass is 470 g/mol. The first-order valence-electron chi connectivity index (χ1n) is 3.27. The molecule has 1 aromatic rings. The summed E-state index contributed by atoms with van der Waals surface area (Å²) < 4.78 is 0.505. The van der Waals surface area contributed by atoms with Gasteiger partial charge in [0.25, 0.3) is 0 Å². The maximum Gasteiger partial charge on any atom is 0.0877 e. The highest BCUT2D eigenvalue weighted by molar-refractivity contribution is 14.2. The number of alkyl halides is 3. The van der Waals surface area contributed by atoms with Crippen LogP contribution in [0.5, 0.6) is 0 Å². The fourth-order valence-corrected chi connectivity index (χ4v) is 2.80. The standard InChI is InChI=1S/C8H6BrClI2/c9-4-5-3-6(10)1-2-7(5)8(11)12/h1-3,8H,4H2. The normalized spacial score (nSPS) is 10.8. The zero-order valence-electron chi connectivity index (χ0n) is 6.03. The summed E-state index contributed by atoms with van der Waals surface area (Å²) in [6.07, 6.45) is 0. The molecule has 0 heterocycles. The molecule has 0 aliphatic heterocycles. The molecule has 0 radical (unpaired) electrons. The molecule has 0 N–H and O–H groups in total. The van der Waals surface area contributed by atoms with Crippen LogP contribution in [0.1, 0.15) is 13.1 Å². The molecule has 0 unspecified atom stereocenters. The van der Waals surface area contributed by atoms with Gasteiger partial charge in [-0.05, 0) is 23.3 Å². The van der Waals surface area contributed by atoms with Gasteiger partial charge in [-0.15, -0.1) is 0 Å². The summed E-state index contributed by atoms with van der Waals surface area (Å²) in [6.45, 7) is 0. The van der Waals surface area contributed by atoms with E-state index in [1.807, 2.05) is 12.1 Å². The van der Waals surface area contributed by atoms with Crippen LogP contribution in [0.2, 0.25) is 5.02 Å². The molecule has 0 fully saturated rings. The van der Waals surface area contributed by atoms with Crippen LogP contribution >= 0.6 is 72.7 Å². The highest BCUT2D eigenvalue weighted by Crippen LogP contribution is 2.34. The van der Waals surface area contributed by atoms with Gasteiger partial charge in [-0.2, -0.15) is 0 Å². The highest BCUT2D eigenvalue weighted by atomic mass is 127. The topological polar surface area (TPSA) is 0 Å². The van der Waals surface area contributed by atoms with Gasteiger partial charge in [0.05, 0.1) is 1.93 Å². The molecular formula is C8H6BrClI2. The van der Waals surface area contributed by atoms with Crippen LogP contribution in [-0.2, 0) is 5.33 Å². The van der Waals surface area contributed by atoms with Crippen LogP contribution in [0.3, 0.4) is 0 Å². The lowest BCUT2D eigenvalue weighted by Gasteiger charge is -2.08. The van der Waals surface area contributed by atoms with E-state index in [9.17, 15) is 0 Å². The molecule has 0 saturated carbocycles. The maximum absolute atomic E-state index is 5.87. The summed E-state index contributed by atoms with van der Waals surface area (Å²) in [5.41, 5.74) is 2.62. The molecule has 0 aliphatic carbocycles. The molecule has 1 aromatic carbocycles. The van der Waals surface area contributed by atoms with Crippen LogP contribution in [-0.4, -0.2) is 0 Å². The second kappa shape index (κ2) is 5.36. The van der Waals surface area contributed by atoms with Gasteiger partial charge in [-0.1, -0.05) is 78.8 Å². The Hall–Kier alpha value is 1.45. The van der Waals surface area contributed by atoms with Gasteiger partial charge in [-0.3, -0.25) is 0 Å². The van der Waals surface area contributed by atoms with Crippen molar-refractivity contribution in [3.8, 4) is 0 Å². The number of rotatable bonds is 2. The summed E-state index contributed by atoms with van der Waals surface area (Å²) in [5.74, 6) is 0. The summed E-state index contributed by atoms with van der Waals surface area (Å²) in [4.78, 5) is 0. The predicted molar refractivity (Wildman–Crippen MR) is 74.9 cm³/mol. The van der Waals surface area contributed by atoms with Crippen LogP contribution in [0.25, 0.3) is 0 Å². The smallest absolute Gasteiger partial charge is 0.0876 e. The van der Waals surface area contributed by atoms with E-state index in [-0.39, 0.29) is 0 Å². The molecule has 12 heavy (non-hydrogen) atoms. The van der Waals surface area contributed by atoms with Gasteiger partial charge in [-0.25, -0.2) is 0 Å². The fraction of sp³-hybridized carbons (Fsp3) is 0.250. The van der Waals surface area contributed by atoms with Gasteiger partial charge in [0, 0.05) is 10.4 Å². The Morgan fingerprint density at radius 2 is 2.08 bits per heavy atom. The van der Waals surface area contributed by atoms with Crippen molar-refractivity contribution in [3.63, 3.8) is 0 Å². The van der Waals surface area contributed by atoms with Crippen LogP contribution in [0.15, 0.2) is 18.2 Å². The lowest BCUT2D eigenvalue weighted by molar-refractivity contribution is 1.32. The minimum absolute atomic E-state index is 0.505. The maximum atomic E-state index is 5.87. The molecule has 0 aliphatic rings. The third-order valence-electron chi connectivity index (χ3n) is 1.48. The SMILES string of the molecule is Clc1ccc(C(I)I)c(CBr)c1. The van der Waals surface area contributed by atoms with Crippen molar-refractivity contribution in [1.29, 1.82) is 0 Å². The van der Waals surface area contributed by atoms with Crippen molar-refractivity contribution >= 4 is 72.7 Å². The molecule has 1 rings (SSSR count). The van der Waals surface area contributed by atoms with Crippen molar-refractivity contribution in [2.45, 2.75) is 7.26 Å². The van der Waals surface area contributed by atoms with Crippen molar-refractivity contribution in [3.05, 3.63) is 34.3 Å². The Morgan fingerprint density at radius 1 is 1.42 bits per heavy atom. The van der Waals surface area contributed by atoms with E-state index in [1.165, 1.54) is 11.1 Å². The molecule has 4 heteroatoms. The second-order valence-electron chi connectivity index (χ2n) is 2.28. The summed E-state index contributed by atoms with van der Waals surface area (Å²) in [6, 6.07) is 6.03. The Bertz CT molecular complexity index is 276. The van der Waals surface area contributed by atoms with Crippen molar-refractivity contribution in [2.24, 2.45) is 0 Å². The first-order chi connectivity index (χ1) is 5.65. The first kappa shape index (κ1) is 11.5. The number of halogens is 4. The lowest BCUT2D eigenvalue weighted by atomic mass is 10.1. The Kier molecular flexibility index (Phi) is 5.15. The lowest BCUT2D eigenvalue weighted by Crippen LogP contribution is -1.88. The summed E-state index contributed by atoms with van der Waals surface area (Å²) in [5, 5.41) is 1.67. The molecule has 0 spiro atoms. The van der Waals surface area contributed by atoms with E-state index in [1.54, 1.807) is 0 Å². The molecule has 0 saturated heterocycles. The molecule has 0 aromatic heterocycles. The van der Waals surface area contributed by atoms with Gasteiger partial charge in [0.15, 0.2) is 0 Å². The molecule has 0 bridgehead atoms. The van der Waals surface area contributed by atoms with Crippen molar-refractivity contribution in [1.82, 2.24) is 0 Å². The molecular weight excluding hydrogens is 465 g/mol. The van der Waals surface area contributed by atoms with Crippen LogP contribution in [0, 0.1) is 0 Å². The number of benzene rings is 1. The van der Waals surface area contributed by atoms with Crippen LogP contribution in [0.4, 0.5) is 0 Å². The van der Waals surface area contributed by atoms with E-state index in [0.717, 1.165) is 10.4 Å². The van der Waals surface area contributed by atoms with E-state index in [0.29, 0.717) is 1.93 Å². The third-order valence-corrected chi connectivity index (χ3v) is 3.67. The van der Waals surface area contributed by atoms with Gasteiger partial charge in [0.1, 0.15) is 0 Å². The average Bonchev–Trinajstić information content (AvgIpc) is 2.03. The van der Waals surface area contributed by atoms with Crippen LogP contribution < -0.4 is 0 Å². The van der Waals surface area contributed by atoms with E-state index in [4.69, 9.17) is 11.6 Å². The van der Waals surface area contributed by atoms with Gasteiger partial charge in [0.2, 0.25) is 0 Å². The molecule has 0 amide bonds. The second-order valence-corrected chi connectivity index (χ2v) is 8.15. The van der Waals surface area contributed by atoms with E-state index >= 15 is 0 Å². The number of hydrogen-bond acceptors (Lipinski definition) is 0. The Balaban J connectivity index is 3.11. The van der Waals surface area contributed by atoms with Gasteiger partial charge >= 0.3 is 0 Å². The zero-order chi connectivity index (χ0) is 9.14. The number of hydrogen-bond donors (Lipinski definition) is 0. The van der Waals surface area contributed by atoms with E-state index in [2.05, 4.69) is 67.2 Å². The minimum atomic E-state index is 0.505. The molecule has 0 nitrogen and oxygen atoms in total. The quantitative estimate of drug-likeness (QED) is 0.416. The molecule has 0 atom stereocenters. The van der Waals surface area contributed by atoms with Crippen molar-refractivity contribution < 1.29 is 0 Å². The fourth-order valence-electron chi connectivity index (χ4n) is 0.903. The minimum Gasteiger partial charge on any atom is -0.0876 e. The highest BCUT2D eigenvalue weighted by Gasteiger charge is 2.07. The van der Waals surface area contributed by atoms with Crippen molar-refractivity contribution in [2.75, 3.05) is 0 Å². The largest absolute Gasteiger partial charge is 0.0877 e. The first-order valence-corrected chi connectivity index (χ1v) is 7.26. The Morgan fingerprint density at radius 3 is 2.58 bits per heavy atom. The van der Waals surface area contributed by atoms with Gasteiger partial charge < -0.3 is 0 Å². The summed E-state index contributed by atoms with van der Waals surface area (Å²) >= 11 is 14.1. The Labute approximate surface area is 113 Å².